The molecule has 2 aromatic rings. The van der Waals surface area contributed by atoms with E-state index in [0.29, 0.717) is 45.5 Å². The van der Waals surface area contributed by atoms with E-state index < -0.39 is 0 Å². The van der Waals surface area contributed by atoms with Crippen molar-refractivity contribution in [3.05, 3.63) is 52.2 Å². The highest BCUT2D eigenvalue weighted by atomic mass is 32.1. The van der Waals surface area contributed by atoms with Gasteiger partial charge in [-0.15, -0.1) is 0 Å². The molecule has 2 aromatic carbocycles. The molecule has 0 saturated heterocycles. The average Bonchev–Trinajstić information content (AvgIpc) is 2.91. The summed E-state index contributed by atoms with van der Waals surface area (Å²) in [4.78, 5) is 0. The van der Waals surface area contributed by atoms with E-state index in [0.717, 1.165) is 35.2 Å². The van der Waals surface area contributed by atoms with Crippen molar-refractivity contribution in [2.45, 2.75) is 25.8 Å². The van der Waals surface area contributed by atoms with Crippen LogP contribution in [-0.4, -0.2) is 47.8 Å². The number of hydrogen-bond acceptors (Lipinski definition) is 7. The Bertz CT molecular complexity index is 1210. The summed E-state index contributed by atoms with van der Waals surface area (Å²) in [5, 5.41) is 7.44. The van der Waals surface area contributed by atoms with Gasteiger partial charge in [-0.2, -0.15) is 0 Å². The first-order chi connectivity index (χ1) is 17.9. The summed E-state index contributed by atoms with van der Waals surface area (Å²) in [5.74, 6) is 3.95. The molecule has 4 rings (SSSR count). The van der Waals surface area contributed by atoms with Gasteiger partial charge in [0.25, 0.3) is 0 Å². The first-order valence-corrected chi connectivity index (χ1v) is 12.4. The van der Waals surface area contributed by atoms with E-state index in [2.05, 4.69) is 23.6 Å². The van der Waals surface area contributed by atoms with Crippen molar-refractivity contribution in [3.8, 4) is 34.5 Å². The van der Waals surface area contributed by atoms with Crippen LogP contribution in [0, 0.1) is 5.92 Å². The van der Waals surface area contributed by atoms with Crippen LogP contribution in [0.2, 0.25) is 0 Å². The Morgan fingerprint density at radius 2 is 1.27 bits per heavy atom. The molecule has 2 aliphatic rings. The van der Waals surface area contributed by atoms with Crippen molar-refractivity contribution in [1.82, 2.24) is 10.6 Å². The van der Waals surface area contributed by atoms with Gasteiger partial charge in [-0.05, 0) is 83.6 Å². The first kappa shape index (κ1) is 26.5. The van der Waals surface area contributed by atoms with Gasteiger partial charge in [0.1, 0.15) is 0 Å². The zero-order valence-electron chi connectivity index (χ0n) is 22.3. The summed E-state index contributed by atoms with van der Waals surface area (Å²) in [6, 6.07) is 7.69. The molecule has 8 nitrogen and oxygen atoms in total. The van der Waals surface area contributed by atoms with Crippen LogP contribution in [-0.2, 0) is 0 Å². The lowest BCUT2D eigenvalue weighted by molar-refractivity contribution is 0.323. The van der Waals surface area contributed by atoms with Crippen molar-refractivity contribution in [2.24, 2.45) is 5.92 Å². The SMILES string of the molecule is COc1cc(/C=C2\C[C@H](C)CC3=C2NC(=S)N[C@@H]3c2cc(OC)c(OC)c(OC)c2)cc(OC)c1OC. The normalized spacial score (nSPS) is 20.0. The summed E-state index contributed by atoms with van der Waals surface area (Å²) < 4.78 is 33.4. The average molecular weight is 527 g/mol. The molecule has 198 valence electrons. The minimum Gasteiger partial charge on any atom is -0.493 e. The largest absolute Gasteiger partial charge is 0.493 e. The van der Waals surface area contributed by atoms with Gasteiger partial charge in [-0.3, -0.25) is 0 Å². The molecule has 0 unspecified atom stereocenters. The van der Waals surface area contributed by atoms with Gasteiger partial charge < -0.3 is 39.1 Å². The molecule has 0 saturated carbocycles. The number of thiocarbonyl (C=S) groups is 1. The van der Waals surface area contributed by atoms with Gasteiger partial charge in [0.05, 0.1) is 48.7 Å². The van der Waals surface area contributed by atoms with Gasteiger partial charge in [-0.25, -0.2) is 0 Å². The third-order valence-electron chi connectivity index (χ3n) is 6.69. The second kappa shape index (κ2) is 11.2. The molecular formula is C28H34N2O6S. The summed E-state index contributed by atoms with van der Waals surface area (Å²) in [6.45, 7) is 2.26. The third kappa shape index (κ3) is 5.13. The van der Waals surface area contributed by atoms with Crippen molar-refractivity contribution in [3.63, 3.8) is 0 Å². The number of allylic oxidation sites excluding steroid dienone is 1. The van der Waals surface area contributed by atoms with Crippen LogP contribution in [0.4, 0.5) is 0 Å². The molecule has 0 amide bonds. The number of methoxy groups -OCH3 is 6. The van der Waals surface area contributed by atoms with Crippen LogP contribution in [0.5, 0.6) is 34.5 Å². The van der Waals surface area contributed by atoms with E-state index in [9.17, 15) is 0 Å². The lowest BCUT2D eigenvalue weighted by Gasteiger charge is -2.38. The third-order valence-corrected chi connectivity index (χ3v) is 6.91. The molecule has 9 heteroatoms. The van der Waals surface area contributed by atoms with E-state index in [1.165, 1.54) is 5.57 Å². The van der Waals surface area contributed by atoms with E-state index in [1.807, 2.05) is 24.3 Å². The summed E-state index contributed by atoms with van der Waals surface area (Å²) >= 11 is 5.65. The molecule has 0 spiro atoms. The number of ether oxygens (including phenoxy) is 6. The molecule has 0 fully saturated rings. The first-order valence-electron chi connectivity index (χ1n) is 12.0. The minimum atomic E-state index is -0.149. The predicted octanol–water partition coefficient (Wildman–Crippen LogP) is 5.02. The molecule has 2 atom stereocenters. The standard InChI is InChI=1S/C28H34N2O6S/c1-15-8-17(10-16-11-20(31-2)26(35-6)21(12-16)32-3)24-19(9-15)25(30-28(37)29-24)18-13-22(33-4)27(36-7)23(14-18)34-5/h10-15,25H,8-9H2,1-7H3,(H2,29,30,37)/b17-10+/t15-,25+/m0/s1. The number of rotatable bonds is 8. The smallest absolute Gasteiger partial charge is 0.203 e. The fourth-order valence-electron chi connectivity index (χ4n) is 5.09. The van der Waals surface area contributed by atoms with Crippen LogP contribution in [0.3, 0.4) is 0 Å². The topological polar surface area (TPSA) is 79.4 Å². The molecule has 2 N–H and O–H groups in total. The fraction of sp³-hybridized carbons (Fsp3) is 0.393. The van der Waals surface area contributed by atoms with Gasteiger partial charge in [0.2, 0.25) is 11.5 Å². The van der Waals surface area contributed by atoms with E-state index in [-0.39, 0.29) is 6.04 Å². The van der Waals surface area contributed by atoms with Crippen LogP contribution in [0.15, 0.2) is 41.1 Å². The lowest BCUT2D eigenvalue weighted by atomic mass is 9.78. The van der Waals surface area contributed by atoms with Gasteiger partial charge >= 0.3 is 0 Å². The van der Waals surface area contributed by atoms with E-state index in [4.69, 9.17) is 40.6 Å². The quantitative estimate of drug-likeness (QED) is 0.461. The Hall–Kier alpha value is -3.59. The Morgan fingerprint density at radius 3 is 1.76 bits per heavy atom. The Morgan fingerprint density at radius 1 is 0.757 bits per heavy atom. The maximum atomic E-state index is 5.65. The van der Waals surface area contributed by atoms with Crippen molar-refractivity contribution in [1.29, 1.82) is 0 Å². The minimum absolute atomic E-state index is 0.149. The molecular weight excluding hydrogens is 492 g/mol. The molecule has 1 heterocycles. The van der Waals surface area contributed by atoms with Gasteiger partial charge in [0.15, 0.2) is 28.1 Å². The maximum Gasteiger partial charge on any atom is 0.203 e. The van der Waals surface area contributed by atoms with Crippen LogP contribution in [0.1, 0.15) is 36.9 Å². The summed E-state index contributed by atoms with van der Waals surface area (Å²) in [5.41, 5.74) is 5.34. The molecule has 0 bridgehead atoms. The monoisotopic (exact) mass is 526 g/mol. The van der Waals surface area contributed by atoms with Crippen LogP contribution in [0.25, 0.3) is 6.08 Å². The Kier molecular flexibility index (Phi) is 8.02. The van der Waals surface area contributed by atoms with Gasteiger partial charge in [-0.1, -0.05) is 6.92 Å². The maximum absolute atomic E-state index is 5.65. The molecule has 1 aliphatic carbocycles. The van der Waals surface area contributed by atoms with Crippen molar-refractivity contribution >= 4 is 23.4 Å². The number of benzene rings is 2. The second-order valence-electron chi connectivity index (χ2n) is 9.03. The van der Waals surface area contributed by atoms with Crippen LogP contribution < -0.4 is 39.1 Å². The van der Waals surface area contributed by atoms with Gasteiger partial charge in [0, 0.05) is 5.70 Å². The molecule has 0 radical (unpaired) electrons. The Labute approximate surface area is 223 Å². The second-order valence-corrected chi connectivity index (χ2v) is 9.44. The highest BCUT2D eigenvalue weighted by molar-refractivity contribution is 7.80. The zero-order chi connectivity index (χ0) is 26.7. The zero-order valence-corrected chi connectivity index (χ0v) is 23.1. The Balaban J connectivity index is 1.85. The van der Waals surface area contributed by atoms with Crippen LogP contribution >= 0.6 is 12.2 Å². The van der Waals surface area contributed by atoms with Crippen molar-refractivity contribution in [2.75, 3.05) is 42.7 Å². The predicted molar refractivity (Wildman–Crippen MR) is 147 cm³/mol. The van der Waals surface area contributed by atoms with E-state index >= 15 is 0 Å². The van der Waals surface area contributed by atoms with E-state index in [1.54, 1.807) is 42.7 Å². The summed E-state index contributed by atoms with van der Waals surface area (Å²) in [7, 11) is 9.67. The molecule has 1 aliphatic heterocycles. The number of hydrogen-bond donors (Lipinski definition) is 2. The van der Waals surface area contributed by atoms with Crippen molar-refractivity contribution < 1.29 is 28.4 Å². The molecule has 0 aromatic heterocycles. The highest BCUT2D eigenvalue weighted by Crippen LogP contribution is 2.46. The molecule has 37 heavy (non-hydrogen) atoms. The number of nitrogens with one attached hydrogen (secondary N) is 2. The summed E-state index contributed by atoms with van der Waals surface area (Å²) in [6.07, 6.45) is 3.96. The fourth-order valence-corrected chi connectivity index (χ4v) is 5.31. The highest BCUT2D eigenvalue weighted by Gasteiger charge is 2.34. The lowest BCUT2D eigenvalue weighted by Crippen LogP contribution is -2.45.